The summed E-state index contributed by atoms with van der Waals surface area (Å²) < 4.78 is 6.59. The first-order valence-corrected chi connectivity index (χ1v) is 6.94. The number of nitrogens with zero attached hydrogens (tertiary/aromatic N) is 3. The molecule has 0 aliphatic heterocycles. The van der Waals surface area contributed by atoms with E-state index >= 15 is 0 Å². The number of hydrogen-bond donors (Lipinski definition) is 1. The van der Waals surface area contributed by atoms with Crippen molar-refractivity contribution in [3.8, 4) is 0 Å². The van der Waals surface area contributed by atoms with E-state index in [1.165, 1.54) is 7.11 Å². The SMILES string of the molecule is COC(=O)[C@@H](NCn1nnc2ccccc21)c1ccccc1. The molecule has 22 heavy (non-hydrogen) atoms. The van der Waals surface area contributed by atoms with Crippen molar-refractivity contribution in [3.63, 3.8) is 0 Å². The summed E-state index contributed by atoms with van der Waals surface area (Å²) in [7, 11) is 1.38. The maximum atomic E-state index is 12.0. The van der Waals surface area contributed by atoms with Crippen molar-refractivity contribution < 1.29 is 9.53 Å². The third-order valence-electron chi connectivity index (χ3n) is 3.44. The lowest BCUT2D eigenvalue weighted by Gasteiger charge is -2.16. The summed E-state index contributed by atoms with van der Waals surface area (Å²) in [6.07, 6.45) is 0. The van der Waals surface area contributed by atoms with E-state index in [2.05, 4.69) is 15.6 Å². The van der Waals surface area contributed by atoms with E-state index in [4.69, 9.17) is 4.74 Å². The average molecular weight is 296 g/mol. The fourth-order valence-corrected chi connectivity index (χ4v) is 2.31. The summed E-state index contributed by atoms with van der Waals surface area (Å²) in [4.78, 5) is 12.0. The largest absolute Gasteiger partial charge is 0.468 e. The Morgan fingerprint density at radius 1 is 1.18 bits per heavy atom. The summed E-state index contributed by atoms with van der Waals surface area (Å²) in [6, 6.07) is 16.6. The molecule has 1 atom stereocenters. The minimum atomic E-state index is -0.547. The van der Waals surface area contributed by atoms with Crippen molar-refractivity contribution in [1.82, 2.24) is 20.3 Å². The van der Waals surface area contributed by atoms with Gasteiger partial charge in [-0.2, -0.15) is 0 Å². The van der Waals surface area contributed by atoms with Crippen LogP contribution in [0, 0.1) is 0 Å². The Morgan fingerprint density at radius 3 is 2.68 bits per heavy atom. The molecular weight excluding hydrogens is 280 g/mol. The third kappa shape index (κ3) is 2.82. The predicted molar refractivity (Wildman–Crippen MR) is 81.9 cm³/mol. The molecule has 0 saturated heterocycles. The predicted octanol–water partition coefficient (Wildman–Crippen LogP) is 1.89. The highest BCUT2D eigenvalue weighted by atomic mass is 16.5. The van der Waals surface area contributed by atoms with Gasteiger partial charge in [-0.3, -0.25) is 5.32 Å². The Hall–Kier alpha value is -2.73. The zero-order valence-corrected chi connectivity index (χ0v) is 12.1. The number of esters is 1. The second kappa shape index (κ2) is 6.36. The van der Waals surface area contributed by atoms with Gasteiger partial charge in [0.2, 0.25) is 0 Å². The van der Waals surface area contributed by atoms with Crippen LogP contribution < -0.4 is 5.32 Å². The number of carbonyl (C=O) groups excluding carboxylic acids is 1. The first-order valence-electron chi connectivity index (χ1n) is 6.94. The average Bonchev–Trinajstić information content (AvgIpc) is 2.99. The number of rotatable bonds is 5. The maximum Gasteiger partial charge on any atom is 0.327 e. The van der Waals surface area contributed by atoms with Gasteiger partial charge >= 0.3 is 5.97 Å². The number of benzene rings is 2. The number of fused-ring (bicyclic) bond motifs is 1. The lowest BCUT2D eigenvalue weighted by molar-refractivity contribution is -0.143. The fourth-order valence-electron chi connectivity index (χ4n) is 2.31. The maximum absolute atomic E-state index is 12.0. The van der Waals surface area contributed by atoms with Gasteiger partial charge in [-0.05, 0) is 17.7 Å². The van der Waals surface area contributed by atoms with Crippen molar-refractivity contribution >= 4 is 17.0 Å². The van der Waals surface area contributed by atoms with Crippen LogP contribution in [0.25, 0.3) is 11.0 Å². The number of aromatic nitrogens is 3. The van der Waals surface area contributed by atoms with E-state index in [0.717, 1.165) is 16.6 Å². The molecular formula is C16H16N4O2. The molecule has 6 heteroatoms. The van der Waals surface area contributed by atoms with Gasteiger partial charge in [0.1, 0.15) is 11.6 Å². The summed E-state index contributed by atoms with van der Waals surface area (Å²) in [5, 5.41) is 11.4. The Balaban J connectivity index is 1.81. The first kappa shape index (κ1) is 14.2. The summed E-state index contributed by atoms with van der Waals surface area (Å²) in [5.41, 5.74) is 2.57. The van der Waals surface area contributed by atoms with Crippen molar-refractivity contribution in [3.05, 3.63) is 60.2 Å². The molecule has 0 saturated carbocycles. The standard InChI is InChI=1S/C16H16N4O2/c1-22-16(21)15(12-7-3-2-4-8-12)17-11-20-14-10-6-5-9-13(14)18-19-20/h2-10,15,17H,11H2,1H3/t15-/m0/s1. The van der Waals surface area contributed by atoms with Crippen LogP contribution in [0.2, 0.25) is 0 Å². The number of para-hydroxylation sites is 1. The molecule has 0 fully saturated rings. The molecule has 0 spiro atoms. The van der Waals surface area contributed by atoms with E-state index in [-0.39, 0.29) is 5.97 Å². The van der Waals surface area contributed by atoms with Crippen LogP contribution in [0.15, 0.2) is 54.6 Å². The molecule has 6 nitrogen and oxygen atoms in total. The van der Waals surface area contributed by atoms with Crippen molar-refractivity contribution in [2.45, 2.75) is 12.7 Å². The minimum Gasteiger partial charge on any atom is -0.468 e. The summed E-state index contributed by atoms with van der Waals surface area (Å²) in [5.74, 6) is -0.337. The minimum absolute atomic E-state index is 0.337. The molecule has 0 unspecified atom stereocenters. The molecule has 0 aliphatic rings. The van der Waals surface area contributed by atoms with Crippen LogP contribution >= 0.6 is 0 Å². The van der Waals surface area contributed by atoms with Crippen molar-refractivity contribution in [2.75, 3.05) is 7.11 Å². The highest BCUT2D eigenvalue weighted by Crippen LogP contribution is 2.15. The Morgan fingerprint density at radius 2 is 1.91 bits per heavy atom. The number of ether oxygens (including phenoxy) is 1. The van der Waals surface area contributed by atoms with Gasteiger partial charge in [-0.1, -0.05) is 47.7 Å². The summed E-state index contributed by atoms with van der Waals surface area (Å²) >= 11 is 0. The van der Waals surface area contributed by atoms with E-state index in [1.54, 1.807) is 4.68 Å². The number of carbonyl (C=O) groups is 1. The van der Waals surface area contributed by atoms with Gasteiger partial charge in [0, 0.05) is 0 Å². The van der Waals surface area contributed by atoms with E-state index < -0.39 is 6.04 Å². The van der Waals surface area contributed by atoms with Crippen LogP contribution in [0.5, 0.6) is 0 Å². The second-order valence-corrected chi connectivity index (χ2v) is 4.81. The van der Waals surface area contributed by atoms with E-state index in [0.29, 0.717) is 6.67 Å². The Kier molecular flexibility index (Phi) is 4.11. The molecule has 1 heterocycles. The smallest absolute Gasteiger partial charge is 0.327 e. The Labute approximate surface area is 127 Å². The molecule has 1 N–H and O–H groups in total. The quantitative estimate of drug-likeness (QED) is 0.728. The molecule has 3 rings (SSSR count). The lowest BCUT2D eigenvalue weighted by Crippen LogP contribution is -2.31. The highest BCUT2D eigenvalue weighted by Gasteiger charge is 2.20. The second-order valence-electron chi connectivity index (χ2n) is 4.81. The summed E-state index contributed by atoms with van der Waals surface area (Å²) in [6.45, 7) is 0.356. The van der Waals surface area contributed by atoms with Gasteiger partial charge in [0.25, 0.3) is 0 Å². The molecule has 0 radical (unpaired) electrons. The molecule has 1 aromatic heterocycles. The Bertz CT molecular complexity index is 770. The molecule has 112 valence electrons. The lowest BCUT2D eigenvalue weighted by atomic mass is 10.1. The van der Waals surface area contributed by atoms with Crippen LogP contribution in [-0.4, -0.2) is 28.1 Å². The fraction of sp³-hybridized carbons (Fsp3) is 0.188. The van der Waals surface area contributed by atoms with Crippen LogP contribution in [0.4, 0.5) is 0 Å². The van der Waals surface area contributed by atoms with Gasteiger partial charge < -0.3 is 4.74 Å². The van der Waals surface area contributed by atoms with Crippen LogP contribution in [-0.2, 0) is 16.2 Å². The van der Waals surface area contributed by atoms with Crippen molar-refractivity contribution in [2.24, 2.45) is 0 Å². The molecule has 0 aliphatic carbocycles. The molecule has 0 bridgehead atoms. The van der Waals surface area contributed by atoms with Gasteiger partial charge in [-0.25, -0.2) is 9.48 Å². The van der Waals surface area contributed by atoms with Crippen molar-refractivity contribution in [1.29, 1.82) is 0 Å². The van der Waals surface area contributed by atoms with E-state index in [9.17, 15) is 4.79 Å². The zero-order valence-electron chi connectivity index (χ0n) is 12.1. The number of hydrogen-bond acceptors (Lipinski definition) is 5. The topological polar surface area (TPSA) is 69.0 Å². The van der Waals surface area contributed by atoms with Crippen LogP contribution in [0.1, 0.15) is 11.6 Å². The zero-order chi connectivity index (χ0) is 15.4. The third-order valence-corrected chi connectivity index (χ3v) is 3.44. The molecule has 2 aromatic carbocycles. The van der Waals surface area contributed by atoms with E-state index in [1.807, 2.05) is 54.6 Å². The number of nitrogens with one attached hydrogen (secondary N) is 1. The van der Waals surface area contributed by atoms with Crippen LogP contribution in [0.3, 0.4) is 0 Å². The monoisotopic (exact) mass is 296 g/mol. The van der Waals surface area contributed by atoms with Gasteiger partial charge in [0.15, 0.2) is 0 Å². The first-order chi connectivity index (χ1) is 10.8. The van der Waals surface area contributed by atoms with Gasteiger partial charge in [-0.15, -0.1) is 5.10 Å². The normalized spacial score (nSPS) is 12.2. The highest BCUT2D eigenvalue weighted by molar-refractivity contribution is 5.77. The molecule has 0 amide bonds. The van der Waals surface area contributed by atoms with Gasteiger partial charge in [0.05, 0.1) is 19.3 Å². The number of methoxy groups -OCH3 is 1. The molecule has 3 aromatic rings.